The molecule has 6 nitrogen and oxygen atoms in total. The summed E-state index contributed by atoms with van der Waals surface area (Å²) >= 11 is 0. The van der Waals surface area contributed by atoms with E-state index in [9.17, 15) is 9.59 Å². The van der Waals surface area contributed by atoms with Gasteiger partial charge in [-0.25, -0.2) is 0 Å². The van der Waals surface area contributed by atoms with E-state index in [4.69, 9.17) is 4.42 Å². The van der Waals surface area contributed by atoms with Crippen LogP contribution in [0.25, 0.3) is 0 Å². The molecule has 1 aliphatic heterocycles. The van der Waals surface area contributed by atoms with E-state index < -0.39 is 0 Å². The number of furan rings is 1. The molecule has 0 bridgehead atoms. The second-order valence-corrected chi connectivity index (χ2v) is 4.98. The Morgan fingerprint density at radius 2 is 2.20 bits per heavy atom. The van der Waals surface area contributed by atoms with E-state index in [1.165, 1.54) is 6.26 Å². The summed E-state index contributed by atoms with van der Waals surface area (Å²) < 4.78 is 4.96. The van der Waals surface area contributed by atoms with Crippen LogP contribution in [-0.4, -0.2) is 38.0 Å². The lowest BCUT2D eigenvalue weighted by Gasteiger charge is -2.09. The number of rotatable bonds is 7. The maximum absolute atomic E-state index is 11.6. The summed E-state index contributed by atoms with van der Waals surface area (Å²) in [5.41, 5.74) is 0. The number of nitrogens with one attached hydrogen (secondary N) is 3. The Morgan fingerprint density at radius 3 is 2.90 bits per heavy atom. The fraction of sp³-hybridized carbons (Fsp3) is 0.571. The van der Waals surface area contributed by atoms with Gasteiger partial charge in [0.2, 0.25) is 5.91 Å². The van der Waals surface area contributed by atoms with Crippen molar-refractivity contribution in [1.29, 1.82) is 0 Å². The molecule has 20 heavy (non-hydrogen) atoms. The number of hydrogen-bond donors (Lipinski definition) is 3. The molecular weight excluding hydrogens is 258 g/mol. The van der Waals surface area contributed by atoms with Gasteiger partial charge in [0.05, 0.1) is 6.26 Å². The highest BCUT2D eigenvalue weighted by molar-refractivity contribution is 5.91. The Morgan fingerprint density at radius 1 is 1.35 bits per heavy atom. The topological polar surface area (TPSA) is 83.4 Å². The summed E-state index contributed by atoms with van der Waals surface area (Å²) in [5, 5.41) is 8.77. The molecule has 6 heteroatoms. The van der Waals surface area contributed by atoms with E-state index >= 15 is 0 Å². The summed E-state index contributed by atoms with van der Waals surface area (Å²) in [6, 6.07) is 3.26. The molecule has 1 saturated heterocycles. The van der Waals surface area contributed by atoms with Gasteiger partial charge in [0.15, 0.2) is 5.76 Å². The van der Waals surface area contributed by atoms with E-state index in [1.54, 1.807) is 12.1 Å². The first-order chi connectivity index (χ1) is 9.75. The van der Waals surface area contributed by atoms with Crippen molar-refractivity contribution < 1.29 is 14.0 Å². The van der Waals surface area contributed by atoms with Gasteiger partial charge in [-0.2, -0.15) is 0 Å². The first-order valence-electron chi connectivity index (χ1n) is 7.05. The van der Waals surface area contributed by atoms with Crippen LogP contribution >= 0.6 is 0 Å². The average Bonchev–Trinajstić information content (AvgIpc) is 3.13. The van der Waals surface area contributed by atoms with Gasteiger partial charge in [0.1, 0.15) is 0 Å². The van der Waals surface area contributed by atoms with E-state index in [0.717, 1.165) is 25.9 Å². The molecule has 2 rings (SSSR count). The third kappa shape index (κ3) is 4.70. The largest absolute Gasteiger partial charge is 0.459 e. The van der Waals surface area contributed by atoms with Gasteiger partial charge in [0, 0.05) is 19.5 Å². The first-order valence-corrected chi connectivity index (χ1v) is 7.05. The zero-order chi connectivity index (χ0) is 14.2. The first kappa shape index (κ1) is 14.6. The van der Waals surface area contributed by atoms with Gasteiger partial charge < -0.3 is 20.4 Å². The molecule has 3 N–H and O–H groups in total. The molecule has 110 valence electrons. The van der Waals surface area contributed by atoms with Crippen LogP contribution in [0.3, 0.4) is 0 Å². The molecule has 0 saturated carbocycles. The molecular formula is C14H21N3O3. The van der Waals surface area contributed by atoms with Crippen molar-refractivity contribution in [2.75, 3.05) is 26.2 Å². The van der Waals surface area contributed by atoms with Crippen LogP contribution in [0.2, 0.25) is 0 Å². The van der Waals surface area contributed by atoms with Crippen molar-refractivity contribution in [1.82, 2.24) is 16.0 Å². The Bertz CT molecular complexity index is 425. The standard InChI is InChI=1S/C14H21N3O3/c18-13(4-3-11-5-6-15-10-11)16-7-8-17-14(19)12-2-1-9-20-12/h1-2,9,11,15H,3-8,10H2,(H,16,18)(H,17,19). The molecule has 2 heterocycles. The molecule has 1 aromatic heterocycles. The Kier molecular flexibility index (Phi) is 5.61. The predicted octanol–water partition coefficient (Wildman–Crippen LogP) is 0.515. The number of hydrogen-bond acceptors (Lipinski definition) is 4. The highest BCUT2D eigenvalue weighted by atomic mass is 16.3. The minimum Gasteiger partial charge on any atom is -0.459 e. The van der Waals surface area contributed by atoms with E-state index in [1.807, 2.05) is 0 Å². The molecule has 0 spiro atoms. The third-order valence-corrected chi connectivity index (χ3v) is 3.42. The lowest BCUT2D eigenvalue weighted by Crippen LogP contribution is -2.34. The maximum atomic E-state index is 11.6. The van der Waals surface area contributed by atoms with Crippen molar-refractivity contribution in [2.45, 2.75) is 19.3 Å². The molecule has 1 fully saturated rings. The molecule has 1 unspecified atom stereocenters. The van der Waals surface area contributed by atoms with Gasteiger partial charge in [0.25, 0.3) is 5.91 Å². The molecule has 0 aromatic carbocycles. The van der Waals surface area contributed by atoms with Crippen LogP contribution in [0.4, 0.5) is 0 Å². The number of amides is 2. The molecule has 1 aliphatic rings. The van der Waals surface area contributed by atoms with Crippen molar-refractivity contribution in [3.05, 3.63) is 24.2 Å². The van der Waals surface area contributed by atoms with Crippen LogP contribution in [0, 0.1) is 5.92 Å². The van der Waals surface area contributed by atoms with Crippen LogP contribution in [-0.2, 0) is 4.79 Å². The van der Waals surface area contributed by atoms with Gasteiger partial charge in [-0.05, 0) is 44.0 Å². The molecule has 1 aromatic rings. The summed E-state index contributed by atoms with van der Waals surface area (Å²) in [6.07, 6.45) is 4.09. The van der Waals surface area contributed by atoms with Gasteiger partial charge in [-0.3, -0.25) is 9.59 Å². The van der Waals surface area contributed by atoms with Crippen LogP contribution < -0.4 is 16.0 Å². The van der Waals surface area contributed by atoms with Crippen molar-refractivity contribution >= 4 is 11.8 Å². The molecule has 0 aliphatic carbocycles. The quantitative estimate of drug-likeness (QED) is 0.635. The summed E-state index contributed by atoms with van der Waals surface area (Å²) in [6.45, 7) is 2.92. The zero-order valence-electron chi connectivity index (χ0n) is 11.5. The van der Waals surface area contributed by atoms with E-state index in [0.29, 0.717) is 25.4 Å². The predicted molar refractivity (Wildman–Crippen MR) is 74.3 cm³/mol. The average molecular weight is 279 g/mol. The summed E-state index contributed by atoms with van der Waals surface area (Å²) in [7, 11) is 0. The Balaban J connectivity index is 1.52. The SMILES string of the molecule is O=C(CCC1CCNC1)NCCNC(=O)c1ccco1. The Hall–Kier alpha value is -1.82. The third-order valence-electron chi connectivity index (χ3n) is 3.42. The monoisotopic (exact) mass is 279 g/mol. The minimum atomic E-state index is -0.263. The van der Waals surface area contributed by atoms with Crippen LogP contribution in [0.15, 0.2) is 22.8 Å². The minimum absolute atomic E-state index is 0.0455. The van der Waals surface area contributed by atoms with E-state index in [-0.39, 0.29) is 17.6 Å². The fourth-order valence-corrected chi connectivity index (χ4v) is 2.26. The van der Waals surface area contributed by atoms with Crippen molar-refractivity contribution in [2.24, 2.45) is 5.92 Å². The lowest BCUT2D eigenvalue weighted by atomic mass is 10.0. The molecule has 1 atom stereocenters. The summed E-state index contributed by atoms with van der Waals surface area (Å²) in [4.78, 5) is 23.1. The number of carbonyl (C=O) groups is 2. The van der Waals surface area contributed by atoms with Gasteiger partial charge in [-0.1, -0.05) is 0 Å². The fourth-order valence-electron chi connectivity index (χ4n) is 2.26. The van der Waals surface area contributed by atoms with Crippen molar-refractivity contribution in [3.63, 3.8) is 0 Å². The highest BCUT2D eigenvalue weighted by Crippen LogP contribution is 2.13. The maximum Gasteiger partial charge on any atom is 0.287 e. The summed E-state index contributed by atoms with van der Waals surface area (Å²) in [5.74, 6) is 0.690. The van der Waals surface area contributed by atoms with Crippen LogP contribution in [0.5, 0.6) is 0 Å². The van der Waals surface area contributed by atoms with Crippen LogP contribution in [0.1, 0.15) is 29.8 Å². The smallest absolute Gasteiger partial charge is 0.287 e. The molecule has 0 radical (unpaired) electrons. The van der Waals surface area contributed by atoms with Gasteiger partial charge in [-0.15, -0.1) is 0 Å². The zero-order valence-corrected chi connectivity index (χ0v) is 11.5. The normalized spacial score (nSPS) is 17.9. The highest BCUT2D eigenvalue weighted by Gasteiger charge is 2.15. The molecule has 2 amide bonds. The lowest BCUT2D eigenvalue weighted by molar-refractivity contribution is -0.121. The Labute approximate surface area is 118 Å². The second kappa shape index (κ2) is 7.69. The van der Waals surface area contributed by atoms with E-state index in [2.05, 4.69) is 16.0 Å². The van der Waals surface area contributed by atoms with Gasteiger partial charge >= 0.3 is 0 Å². The van der Waals surface area contributed by atoms with Crippen molar-refractivity contribution in [3.8, 4) is 0 Å². The number of carbonyl (C=O) groups excluding carboxylic acids is 2. The second-order valence-electron chi connectivity index (χ2n) is 4.98.